The normalized spacial score (nSPS) is 14.6. The zero-order valence-corrected chi connectivity index (χ0v) is 14.9. The first kappa shape index (κ1) is 17.3. The summed E-state index contributed by atoms with van der Waals surface area (Å²) in [6.07, 6.45) is 2.41. The highest BCUT2D eigenvalue weighted by atomic mass is 16.5. The Balaban J connectivity index is 1.77. The molecule has 0 saturated heterocycles. The Kier molecular flexibility index (Phi) is 5.59. The maximum absolute atomic E-state index is 13.0. The topological polar surface area (TPSA) is 41.6 Å². The number of ether oxygens (including phenoxy) is 1. The van der Waals surface area contributed by atoms with Gasteiger partial charge in [0.1, 0.15) is 5.75 Å². The van der Waals surface area contributed by atoms with Crippen molar-refractivity contribution in [3.8, 4) is 5.75 Å². The average molecular weight is 338 g/mol. The third-order valence-corrected chi connectivity index (χ3v) is 4.68. The van der Waals surface area contributed by atoms with E-state index in [9.17, 15) is 4.79 Å². The quantitative estimate of drug-likeness (QED) is 0.778. The summed E-state index contributed by atoms with van der Waals surface area (Å²) < 4.78 is 5.62. The predicted octanol–water partition coefficient (Wildman–Crippen LogP) is 4.92. The Morgan fingerprint density at radius 3 is 2.52 bits per heavy atom. The first-order valence-electron chi connectivity index (χ1n) is 9.02. The minimum absolute atomic E-state index is 0.0737. The van der Waals surface area contributed by atoms with Crippen LogP contribution in [0.3, 0.4) is 0 Å². The summed E-state index contributed by atoms with van der Waals surface area (Å²) in [5, 5.41) is 3.04. The van der Waals surface area contributed by atoms with Crippen LogP contribution in [0.5, 0.6) is 5.75 Å². The number of carbonyl (C=O) groups is 1. The van der Waals surface area contributed by atoms with Gasteiger partial charge in [0.15, 0.2) is 0 Å². The number of urea groups is 1. The van der Waals surface area contributed by atoms with Gasteiger partial charge in [0.25, 0.3) is 0 Å². The number of nitrogens with one attached hydrogen (secondary N) is 1. The molecule has 2 amide bonds. The standard InChI is InChI=1S/C21H26N2O2/c1-3-25-20-12-8-7-11-19(20)22-21(24)23(16(2)18-13-14-18)15-17-9-5-4-6-10-17/h4-12,16,18H,3,13-15H2,1-2H3,(H,22,24). The van der Waals surface area contributed by atoms with Crippen molar-refractivity contribution in [1.29, 1.82) is 0 Å². The van der Waals surface area contributed by atoms with E-state index >= 15 is 0 Å². The van der Waals surface area contributed by atoms with Crippen LogP contribution in [0.25, 0.3) is 0 Å². The van der Waals surface area contributed by atoms with Crippen LogP contribution in [-0.2, 0) is 6.54 Å². The Morgan fingerprint density at radius 2 is 1.84 bits per heavy atom. The summed E-state index contributed by atoms with van der Waals surface area (Å²) in [5.74, 6) is 1.31. The molecule has 1 unspecified atom stereocenters. The molecule has 132 valence electrons. The number of hydrogen-bond donors (Lipinski definition) is 1. The second kappa shape index (κ2) is 8.06. The maximum Gasteiger partial charge on any atom is 0.322 e. The molecule has 0 bridgehead atoms. The third kappa shape index (κ3) is 4.53. The zero-order chi connectivity index (χ0) is 17.6. The SMILES string of the molecule is CCOc1ccccc1NC(=O)N(Cc1ccccc1)C(C)C1CC1. The van der Waals surface area contributed by atoms with Gasteiger partial charge in [0, 0.05) is 12.6 Å². The second-order valence-electron chi connectivity index (χ2n) is 6.55. The largest absolute Gasteiger partial charge is 0.492 e. The monoisotopic (exact) mass is 338 g/mol. The number of carbonyl (C=O) groups excluding carboxylic acids is 1. The van der Waals surface area contributed by atoms with Crippen LogP contribution in [0.2, 0.25) is 0 Å². The van der Waals surface area contributed by atoms with E-state index in [0.717, 1.165) is 11.3 Å². The lowest BCUT2D eigenvalue weighted by Gasteiger charge is -2.30. The molecule has 25 heavy (non-hydrogen) atoms. The molecule has 0 spiro atoms. The molecule has 2 aromatic carbocycles. The summed E-state index contributed by atoms with van der Waals surface area (Å²) in [4.78, 5) is 14.9. The summed E-state index contributed by atoms with van der Waals surface area (Å²) in [7, 11) is 0. The van der Waals surface area contributed by atoms with E-state index in [4.69, 9.17) is 4.74 Å². The predicted molar refractivity (Wildman–Crippen MR) is 101 cm³/mol. The highest BCUT2D eigenvalue weighted by molar-refractivity contribution is 5.91. The summed E-state index contributed by atoms with van der Waals surface area (Å²) in [5.41, 5.74) is 1.86. The van der Waals surface area contributed by atoms with Gasteiger partial charge >= 0.3 is 6.03 Å². The van der Waals surface area contributed by atoms with E-state index in [1.165, 1.54) is 12.8 Å². The molecule has 2 aromatic rings. The lowest BCUT2D eigenvalue weighted by Crippen LogP contribution is -2.42. The second-order valence-corrected chi connectivity index (χ2v) is 6.55. The van der Waals surface area contributed by atoms with E-state index in [2.05, 4.69) is 24.4 Å². The maximum atomic E-state index is 13.0. The van der Waals surface area contributed by atoms with Crippen LogP contribution in [0.4, 0.5) is 10.5 Å². The van der Waals surface area contributed by atoms with Crippen molar-refractivity contribution in [2.45, 2.75) is 39.3 Å². The van der Waals surface area contributed by atoms with Gasteiger partial charge in [-0.1, -0.05) is 42.5 Å². The lowest BCUT2D eigenvalue weighted by atomic mass is 10.1. The van der Waals surface area contributed by atoms with Gasteiger partial charge in [-0.2, -0.15) is 0 Å². The molecule has 0 aromatic heterocycles. The minimum atomic E-state index is -0.0737. The van der Waals surface area contributed by atoms with Crippen molar-refractivity contribution in [3.05, 3.63) is 60.2 Å². The molecular weight excluding hydrogens is 312 g/mol. The van der Waals surface area contributed by atoms with Crippen molar-refractivity contribution >= 4 is 11.7 Å². The molecule has 1 saturated carbocycles. The Labute approximate surface area is 149 Å². The smallest absolute Gasteiger partial charge is 0.322 e. The van der Waals surface area contributed by atoms with Crippen molar-refractivity contribution < 1.29 is 9.53 Å². The molecule has 1 fully saturated rings. The molecule has 1 N–H and O–H groups in total. The first-order chi connectivity index (χ1) is 12.2. The number of hydrogen-bond acceptors (Lipinski definition) is 2. The first-order valence-corrected chi connectivity index (χ1v) is 9.02. The molecule has 4 nitrogen and oxygen atoms in total. The minimum Gasteiger partial charge on any atom is -0.492 e. The Hall–Kier alpha value is -2.49. The highest BCUT2D eigenvalue weighted by Gasteiger charge is 2.34. The van der Waals surface area contributed by atoms with Gasteiger partial charge in [-0.25, -0.2) is 4.79 Å². The molecule has 3 rings (SSSR count). The number of nitrogens with zero attached hydrogens (tertiary/aromatic N) is 1. The van der Waals surface area contributed by atoms with Gasteiger partial charge in [0.2, 0.25) is 0 Å². The average Bonchev–Trinajstić information content (AvgIpc) is 3.47. The van der Waals surface area contributed by atoms with E-state index in [0.29, 0.717) is 24.8 Å². The Morgan fingerprint density at radius 1 is 1.16 bits per heavy atom. The molecule has 0 aliphatic heterocycles. The third-order valence-electron chi connectivity index (χ3n) is 4.68. The van der Waals surface area contributed by atoms with E-state index < -0.39 is 0 Å². The summed E-state index contributed by atoms with van der Waals surface area (Å²) in [6.45, 7) is 5.27. The van der Waals surface area contributed by atoms with Crippen LogP contribution in [0.1, 0.15) is 32.3 Å². The number of rotatable bonds is 7. The van der Waals surface area contributed by atoms with E-state index in [1.54, 1.807) is 0 Å². The fraction of sp³-hybridized carbons (Fsp3) is 0.381. The highest BCUT2D eigenvalue weighted by Crippen LogP contribution is 2.36. The van der Waals surface area contributed by atoms with Crippen molar-refractivity contribution in [3.63, 3.8) is 0 Å². The number of amides is 2. The van der Waals surface area contributed by atoms with Crippen LogP contribution < -0.4 is 10.1 Å². The van der Waals surface area contributed by atoms with Gasteiger partial charge < -0.3 is 15.0 Å². The van der Waals surface area contributed by atoms with E-state index in [-0.39, 0.29) is 12.1 Å². The van der Waals surface area contributed by atoms with E-state index in [1.807, 2.05) is 54.3 Å². The van der Waals surface area contributed by atoms with Crippen LogP contribution in [-0.4, -0.2) is 23.6 Å². The number of benzene rings is 2. The van der Waals surface area contributed by atoms with Crippen molar-refractivity contribution in [2.24, 2.45) is 5.92 Å². The number of anilines is 1. The van der Waals surface area contributed by atoms with Crippen LogP contribution >= 0.6 is 0 Å². The lowest BCUT2D eigenvalue weighted by molar-refractivity contribution is 0.180. The molecule has 4 heteroatoms. The van der Waals surface area contributed by atoms with Gasteiger partial charge in [-0.15, -0.1) is 0 Å². The van der Waals surface area contributed by atoms with Crippen molar-refractivity contribution in [1.82, 2.24) is 4.90 Å². The van der Waals surface area contributed by atoms with Gasteiger partial charge in [-0.05, 0) is 50.3 Å². The zero-order valence-electron chi connectivity index (χ0n) is 14.9. The fourth-order valence-electron chi connectivity index (χ4n) is 3.05. The van der Waals surface area contributed by atoms with Gasteiger partial charge in [0.05, 0.1) is 12.3 Å². The fourth-order valence-corrected chi connectivity index (χ4v) is 3.05. The molecule has 0 radical (unpaired) electrons. The van der Waals surface area contributed by atoms with Crippen molar-refractivity contribution in [2.75, 3.05) is 11.9 Å². The molecule has 0 heterocycles. The molecular formula is C21H26N2O2. The van der Waals surface area contributed by atoms with Crippen LogP contribution in [0.15, 0.2) is 54.6 Å². The molecule has 1 aliphatic rings. The summed E-state index contributed by atoms with van der Waals surface area (Å²) >= 11 is 0. The Bertz CT molecular complexity index is 698. The number of para-hydroxylation sites is 2. The van der Waals surface area contributed by atoms with Crippen LogP contribution in [0, 0.1) is 5.92 Å². The van der Waals surface area contributed by atoms with Gasteiger partial charge in [-0.3, -0.25) is 0 Å². The molecule has 1 aliphatic carbocycles. The molecule has 1 atom stereocenters. The summed E-state index contributed by atoms with van der Waals surface area (Å²) in [6, 6.07) is 17.9.